The van der Waals surface area contributed by atoms with Crippen LogP contribution in [0.3, 0.4) is 0 Å². The van der Waals surface area contributed by atoms with Gasteiger partial charge in [-0.05, 0) is 36.4 Å². The number of aromatic nitrogens is 1. The van der Waals surface area contributed by atoms with Gasteiger partial charge in [-0.15, -0.1) is 11.3 Å². The van der Waals surface area contributed by atoms with E-state index in [1.165, 1.54) is 4.88 Å². The first kappa shape index (κ1) is 18.9. The highest BCUT2D eigenvalue weighted by molar-refractivity contribution is 7.10. The quantitative estimate of drug-likeness (QED) is 0.717. The summed E-state index contributed by atoms with van der Waals surface area (Å²) in [5.74, 6) is -0.0863. The number of anilines is 1. The molecule has 4 heterocycles. The van der Waals surface area contributed by atoms with E-state index in [1.807, 2.05) is 21.2 Å². The molecule has 1 atom stereocenters. The number of amides is 1. The van der Waals surface area contributed by atoms with Gasteiger partial charge in [0.1, 0.15) is 11.4 Å². The molecule has 0 radical (unpaired) electrons. The van der Waals surface area contributed by atoms with Crippen LogP contribution in [0.5, 0.6) is 0 Å². The lowest BCUT2D eigenvalue weighted by Gasteiger charge is -2.29. The molecule has 0 aromatic carbocycles. The zero-order valence-electron chi connectivity index (χ0n) is 15.6. The number of pyridine rings is 1. The largest absolute Gasteiger partial charge is 0.452 e. The monoisotopic (exact) mass is 401 g/mol. The molecule has 1 amide bonds. The molecule has 0 spiro atoms. The molecule has 1 unspecified atom stereocenters. The van der Waals surface area contributed by atoms with Crippen molar-refractivity contribution >= 4 is 29.0 Å². The lowest BCUT2D eigenvalue weighted by atomic mass is 10.2. The van der Waals surface area contributed by atoms with Crippen molar-refractivity contribution in [3.63, 3.8) is 0 Å². The third-order valence-corrected chi connectivity index (χ3v) is 6.06. The number of morpholine rings is 1. The summed E-state index contributed by atoms with van der Waals surface area (Å²) in [6.07, 6.45) is 3.57. The Hall–Kier alpha value is -2.45. The minimum absolute atomic E-state index is 0.0912. The first-order valence-corrected chi connectivity index (χ1v) is 10.4. The number of hydrogen-bond acceptors (Lipinski definition) is 7. The zero-order valence-corrected chi connectivity index (χ0v) is 16.4. The maximum Gasteiger partial charge on any atom is 0.342 e. The Balaban J connectivity index is 1.40. The molecule has 2 aliphatic rings. The summed E-state index contributed by atoms with van der Waals surface area (Å²) >= 11 is 1.65. The lowest BCUT2D eigenvalue weighted by molar-refractivity contribution is -0.135. The molecule has 28 heavy (non-hydrogen) atoms. The van der Waals surface area contributed by atoms with Crippen LogP contribution in [-0.2, 0) is 14.3 Å². The van der Waals surface area contributed by atoms with Gasteiger partial charge in [-0.3, -0.25) is 4.79 Å². The van der Waals surface area contributed by atoms with E-state index in [2.05, 4.69) is 11.1 Å². The van der Waals surface area contributed by atoms with E-state index in [0.717, 1.165) is 12.8 Å². The molecule has 0 saturated carbocycles. The van der Waals surface area contributed by atoms with Crippen LogP contribution < -0.4 is 4.90 Å². The van der Waals surface area contributed by atoms with Gasteiger partial charge in [-0.25, -0.2) is 9.78 Å². The molecule has 2 fully saturated rings. The summed E-state index contributed by atoms with van der Waals surface area (Å²) in [6.45, 7) is 2.99. The maximum atomic E-state index is 12.7. The second-order valence-electron chi connectivity index (χ2n) is 6.81. The Labute approximate surface area is 167 Å². The third kappa shape index (κ3) is 4.02. The van der Waals surface area contributed by atoms with Crippen molar-refractivity contribution in [1.82, 2.24) is 9.88 Å². The van der Waals surface area contributed by atoms with Crippen LogP contribution >= 0.6 is 11.3 Å². The molecular formula is C20H23N3O4S. The third-order valence-electron chi connectivity index (χ3n) is 5.09. The van der Waals surface area contributed by atoms with Crippen molar-refractivity contribution in [2.24, 2.45) is 0 Å². The van der Waals surface area contributed by atoms with Crippen molar-refractivity contribution in [2.45, 2.75) is 18.9 Å². The Morgan fingerprint density at radius 3 is 2.86 bits per heavy atom. The number of esters is 1. The van der Waals surface area contributed by atoms with Crippen molar-refractivity contribution in [3.05, 3.63) is 46.3 Å². The van der Waals surface area contributed by atoms with Crippen LogP contribution in [0, 0.1) is 0 Å². The number of thiophene rings is 1. The van der Waals surface area contributed by atoms with Crippen LogP contribution in [-0.4, -0.2) is 61.2 Å². The normalized spacial score (nSPS) is 19.6. The van der Waals surface area contributed by atoms with Gasteiger partial charge in [0.15, 0.2) is 6.61 Å². The zero-order chi connectivity index (χ0) is 19.3. The van der Waals surface area contributed by atoms with Crippen molar-refractivity contribution < 1.29 is 19.1 Å². The second kappa shape index (κ2) is 8.70. The Kier molecular flexibility index (Phi) is 5.87. The van der Waals surface area contributed by atoms with Crippen LogP contribution in [0.4, 0.5) is 5.82 Å². The van der Waals surface area contributed by atoms with E-state index >= 15 is 0 Å². The fourth-order valence-corrected chi connectivity index (χ4v) is 4.59. The van der Waals surface area contributed by atoms with Gasteiger partial charge in [0.05, 0.1) is 19.3 Å². The van der Waals surface area contributed by atoms with Gasteiger partial charge in [-0.1, -0.05) is 6.07 Å². The molecule has 4 rings (SSSR count). The van der Waals surface area contributed by atoms with Crippen molar-refractivity contribution in [1.29, 1.82) is 0 Å². The first-order valence-electron chi connectivity index (χ1n) is 9.52. The molecule has 0 aliphatic carbocycles. The number of carbonyl (C=O) groups excluding carboxylic acids is 2. The standard InChI is InChI=1S/C20H23N3O4S/c24-18(23-8-2-5-16(23)17-6-3-13-28-17)14-27-20(25)15-4-1-7-21-19(15)22-9-11-26-12-10-22/h1,3-4,6-7,13,16H,2,5,8-12,14H2. The summed E-state index contributed by atoms with van der Waals surface area (Å²) in [7, 11) is 0. The van der Waals surface area contributed by atoms with E-state index in [1.54, 1.807) is 29.7 Å². The highest BCUT2D eigenvalue weighted by Gasteiger charge is 2.31. The molecule has 2 aromatic rings. The van der Waals surface area contributed by atoms with Gasteiger partial charge in [0.2, 0.25) is 0 Å². The van der Waals surface area contributed by atoms with Crippen molar-refractivity contribution in [3.8, 4) is 0 Å². The number of ether oxygens (including phenoxy) is 2. The SMILES string of the molecule is O=C(OCC(=O)N1CCCC1c1cccs1)c1cccnc1N1CCOCC1. The number of likely N-dealkylation sites (tertiary alicyclic amines) is 1. The molecule has 8 heteroatoms. The fraction of sp³-hybridized carbons (Fsp3) is 0.450. The van der Waals surface area contributed by atoms with E-state index < -0.39 is 5.97 Å². The summed E-state index contributed by atoms with van der Waals surface area (Å²) in [5, 5.41) is 2.02. The molecule has 2 aliphatic heterocycles. The fourth-order valence-electron chi connectivity index (χ4n) is 3.71. The van der Waals surface area contributed by atoms with E-state index in [4.69, 9.17) is 9.47 Å². The molecule has 2 saturated heterocycles. The van der Waals surface area contributed by atoms with Crippen molar-refractivity contribution in [2.75, 3.05) is 44.4 Å². The molecule has 0 N–H and O–H groups in total. The van der Waals surface area contributed by atoms with Gasteiger partial charge in [0, 0.05) is 30.7 Å². The Morgan fingerprint density at radius 1 is 1.21 bits per heavy atom. The minimum atomic E-state index is -0.519. The Morgan fingerprint density at radius 2 is 2.07 bits per heavy atom. The van der Waals surface area contributed by atoms with Gasteiger partial charge < -0.3 is 19.3 Å². The summed E-state index contributed by atoms with van der Waals surface area (Å²) in [4.78, 5) is 34.7. The number of hydrogen-bond donors (Lipinski definition) is 0. The lowest BCUT2D eigenvalue weighted by Crippen LogP contribution is -2.38. The predicted octanol–water partition coefficient (Wildman–Crippen LogP) is 2.50. The number of rotatable bonds is 5. The maximum absolute atomic E-state index is 12.7. The first-order chi connectivity index (χ1) is 13.7. The summed E-state index contributed by atoms with van der Waals surface area (Å²) < 4.78 is 10.7. The summed E-state index contributed by atoms with van der Waals surface area (Å²) in [5.41, 5.74) is 0.383. The van der Waals surface area contributed by atoms with Crippen LogP contribution in [0.1, 0.15) is 34.1 Å². The highest BCUT2D eigenvalue weighted by atomic mass is 32.1. The second-order valence-corrected chi connectivity index (χ2v) is 7.79. The summed E-state index contributed by atoms with van der Waals surface area (Å²) in [6, 6.07) is 7.53. The van der Waals surface area contributed by atoms with E-state index in [-0.39, 0.29) is 18.6 Å². The smallest absolute Gasteiger partial charge is 0.342 e. The van der Waals surface area contributed by atoms with Gasteiger partial charge >= 0.3 is 5.97 Å². The average molecular weight is 401 g/mol. The number of carbonyl (C=O) groups is 2. The van der Waals surface area contributed by atoms with Crippen LogP contribution in [0.25, 0.3) is 0 Å². The topological polar surface area (TPSA) is 72.0 Å². The molecule has 7 nitrogen and oxygen atoms in total. The van der Waals surface area contributed by atoms with Crippen LogP contribution in [0.2, 0.25) is 0 Å². The highest BCUT2D eigenvalue weighted by Crippen LogP contribution is 2.34. The molecular weight excluding hydrogens is 378 g/mol. The van der Waals surface area contributed by atoms with Gasteiger partial charge in [-0.2, -0.15) is 0 Å². The molecule has 148 valence electrons. The molecule has 0 bridgehead atoms. The van der Waals surface area contributed by atoms with Gasteiger partial charge in [0.25, 0.3) is 5.91 Å². The minimum Gasteiger partial charge on any atom is -0.452 e. The Bertz CT molecular complexity index is 821. The number of nitrogens with zero attached hydrogens (tertiary/aromatic N) is 3. The van der Waals surface area contributed by atoms with E-state index in [0.29, 0.717) is 44.2 Å². The van der Waals surface area contributed by atoms with E-state index in [9.17, 15) is 9.59 Å². The molecule has 2 aromatic heterocycles. The van der Waals surface area contributed by atoms with Crippen LogP contribution in [0.15, 0.2) is 35.8 Å². The predicted molar refractivity (Wildman–Crippen MR) is 106 cm³/mol. The average Bonchev–Trinajstić information content (AvgIpc) is 3.44.